The minimum atomic E-state index is -1.05. The lowest BCUT2D eigenvalue weighted by atomic mass is 10.0. The normalized spacial score (nSPS) is 12.2. The third-order valence-electron chi connectivity index (χ3n) is 7.00. The Balaban J connectivity index is 3.41. The van der Waals surface area contributed by atoms with Crippen LogP contribution in [0.1, 0.15) is 116 Å². The number of carboxylic acid groups (broad SMARTS) is 1. The molecular formula is C31H60N3O5+. The number of amides is 1. The minimum absolute atomic E-state index is 0.0115. The van der Waals surface area contributed by atoms with Crippen LogP contribution in [0.4, 0.5) is 0 Å². The van der Waals surface area contributed by atoms with Crippen molar-refractivity contribution in [1.82, 2.24) is 5.32 Å². The highest BCUT2D eigenvalue weighted by Crippen LogP contribution is 2.11. The molecule has 0 aromatic carbocycles. The third-order valence-corrected chi connectivity index (χ3v) is 7.00. The molecule has 0 spiro atoms. The smallest absolute Gasteiger partial charge is 0.219 e. The van der Waals surface area contributed by atoms with Crippen molar-refractivity contribution in [3.63, 3.8) is 0 Å². The molecule has 0 aliphatic rings. The van der Waals surface area contributed by atoms with E-state index in [1.54, 1.807) is 14.1 Å². The molecule has 2 N–H and O–H groups in total. The number of nitrogens with one attached hydrogen (secondary N) is 1. The van der Waals surface area contributed by atoms with E-state index in [9.17, 15) is 24.7 Å². The topological polar surface area (TPSA) is 107 Å². The standard InChI is InChI=1S/C31H59N3O5/c1-33(2,28-31(37)38)26-21-25-32-30(36)24-18-16-14-12-10-8-6-5-7-9-11-13-15-17-22-29(35)23-19-20-27-34(3,4)39/h5-6,39H,7-28H2,1-4H3/p+1/b6-5+. The van der Waals surface area contributed by atoms with Crippen molar-refractivity contribution in [1.29, 1.82) is 0 Å². The lowest BCUT2D eigenvalue weighted by Crippen LogP contribution is -2.49. The van der Waals surface area contributed by atoms with E-state index in [4.69, 9.17) is 0 Å². The van der Waals surface area contributed by atoms with Crippen molar-refractivity contribution in [2.45, 2.75) is 116 Å². The van der Waals surface area contributed by atoms with Crippen LogP contribution in [0.15, 0.2) is 12.2 Å². The molecule has 0 aliphatic heterocycles. The highest BCUT2D eigenvalue weighted by atomic mass is 16.5. The van der Waals surface area contributed by atoms with Gasteiger partial charge in [-0.3, -0.25) is 9.59 Å². The van der Waals surface area contributed by atoms with Crippen molar-refractivity contribution >= 4 is 17.7 Å². The number of nitrogens with zero attached hydrogens (tertiary/aromatic N) is 2. The van der Waals surface area contributed by atoms with Crippen LogP contribution >= 0.6 is 0 Å². The number of hydrogen-bond donors (Lipinski definition) is 2. The first-order chi connectivity index (χ1) is 18.4. The zero-order valence-electron chi connectivity index (χ0n) is 25.7. The number of carbonyl (C=O) groups is 3. The predicted octanol–water partition coefficient (Wildman–Crippen LogP) is 4.54. The Morgan fingerprint density at radius 2 is 1.15 bits per heavy atom. The van der Waals surface area contributed by atoms with Gasteiger partial charge in [-0.25, -0.2) is 5.21 Å². The summed E-state index contributed by atoms with van der Waals surface area (Å²) in [5.41, 5.74) is 0. The average molecular weight is 555 g/mol. The number of quaternary nitrogens is 2. The second-order valence-electron chi connectivity index (χ2n) is 12.3. The molecule has 0 aliphatic carbocycles. The SMILES string of the molecule is C[N+](C)(O)CCCCC(=O)CCCCCCC/C=C/CCCCCCCC(=O)NCCC[N+](C)(C)CC(=O)[O-]. The number of carbonyl (C=O) groups excluding carboxylic acids is 3. The summed E-state index contributed by atoms with van der Waals surface area (Å²) in [6, 6.07) is 0. The first-order valence-corrected chi connectivity index (χ1v) is 15.4. The van der Waals surface area contributed by atoms with Gasteiger partial charge in [0.15, 0.2) is 0 Å². The lowest BCUT2D eigenvalue weighted by molar-refractivity contribution is -1.07. The monoisotopic (exact) mass is 554 g/mol. The predicted molar refractivity (Wildman–Crippen MR) is 156 cm³/mol. The minimum Gasteiger partial charge on any atom is -0.544 e. The summed E-state index contributed by atoms with van der Waals surface area (Å²) in [6.45, 7) is 1.97. The molecule has 0 saturated carbocycles. The fourth-order valence-corrected chi connectivity index (χ4v) is 4.63. The number of unbranched alkanes of at least 4 members (excludes halogenated alkanes) is 11. The molecule has 8 heteroatoms. The van der Waals surface area contributed by atoms with Crippen molar-refractivity contribution < 1.29 is 33.8 Å². The molecule has 0 rings (SSSR count). The number of hydroxylamine groups is 3. The molecule has 0 aromatic rings. The summed E-state index contributed by atoms with van der Waals surface area (Å²) in [4.78, 5) is 34.6. The van der Waals surface area contributed by atoms with E-state index in [-0.39, 0.29) is 17.1 Å². The Morgan fingerprint density at radius 1 is 0.667 bits per heavy atom. The van der Waals surface area contributed by atoms with Gasteiger partial charge in [0, 0.05) is 32.2 Å². The van der Waals surface area contributed by atoms with Crippen molar-refractivity contribution in [3.05, 3.63) is 12.2 Å². The summed E-state index contributed by atoms with van der Waals surface area (Å²) in [5.74, 6) is -0.589. The summed E-state index contributed by atoms with van der Waals surface area (Å²) < 4.78 is 0.345. The number of carboxylic acids is 1. The van der Waals surface area contributed by atoms with Gasteiger partial charge in [-0.1, -0.05) is 50.7 Å². The van der Waals surface area contributed by atoms with E-state index in [1.807, 2.05) is 14.1 Å². The van der Waals surface area contributed by atoms with Crippen LogP contribution in [0.25, 0.3) is 0 Å². The van der Waals surface area contributed by atoms with Gasteiger partial charge in [-0.15, -0.1) is 0 Å². The number of Topliss-reactive ketones (excluding diaryl/α,β-unsaturated/α-hetero) is 1. The summed E-state index contributed by atoms with van der Waals surface area (Å²) in [7, 11) is 7.22. The van der Waals surface area contributed by atoms with Crippen LogP contribution in [-0.2, 0) is 14.4 Å². The van der Waals surface area contributed by atoms with Crippen molar-refractivity contribution in [3.8, 4) is 0 Å². The second-order valence-corrected chi connectivity index (χ2v) is 12.3. The Bertz CT molecular complexity index is 686. The molecular weight excluding hydrogens is 494 g/mol. The molecule has 0 saturated heterocycles. The largest absolute Gasteiger partial charge is 0.544 e. The summed E-state index contributed by atoms with van der Waals surface area (Å²) in [5, 5.41) is 23.3. The molecule has 0 heterocycles. The number of rotatable bonds is 27. The van der Waals surface area contributed by atoms with Gasteiger partial charge in [-0.2, -0.15) is 4.65 Å². The van der Waals surface area contributed by atoms with Gasteiger partial charge in [0.25, 0.3) is 0 Å². The maximum atomic E-state index is 11.9. The Kier molecular flexibility index (Phi) is 21.9. The molecule has 0 atom stereocenters. The number of hydrogen-bond acceptors (Lipinski definition) is 5. The molecule has 1 amide bonds. The first-order valence-electron chi connectivity index (χ1n) is 15.4. The Morgan fingerprint density at radius 3 is 1.69 bits per heavy atom. The van der Waals surface area contributed by atoms with Crippen LogP contribution in [0, 0.1) is 0 Å². The maximum absolute atomic E-state index is 11.9. The van der Waals surface area contributed by atoms with Gasteiger partial charge in [0.05, 0.1) is 40.7 Å². The molecule has 39 heavy (non-hydrogen) atoms. The van der Waals surface area contributed by atoms with E-state index >= 15 is 0 Å². The summed E-state index contributed by atoms with van der Waals surface area (Å²) in [6.07, 6.45) is 22.7. The van der Waals surface area contributed by atoms with E-state index in [0.717, 1.165) is 57.8 Å². The fraction of sp³-hybridized carbons (Fsp3) is 0.839. The van der Waals surface area contributed by atoms with Crippen LogP contribution in [0.3, 0.4) is 0 Å². The highest BCUT2D eigenvalue weighted by Gasteiger charge is 2.14. The highest BCUT2D eigenvalue weighted by molar-refractivity contribution is 5.78. The molecule has 0 unspecified atom stereocenters. The van der Waals surface area contributed by atoms with Gasteiger partial charge in [0.2, 0.25) is 5.91 Å². The van der Waals surface area contributed by atoms with Crippen LogP contribution in [-0.4, -0.2) is 86.4 Å². The quantitative estimate of drug-likeness (QED) is 0.0671. The second kappa shape index (κ2) is 23.0. The Hall–Kier alpha value is -1.77. The van der Waals surface area contributed by atoms with Crippen molar-refractivity contribution in [2.75, 3.05) is 54.4 Å². The van der Waals surface area contributed by atoms with Crippen LogP contribution < -0.4 is 10.4 Å². The van der Waals surface area contributed by atoms with Gasteiger partial charge >= 0.3 is 0 Å². The molecule has 228 valence electrons. The van der Waals surface area contributed by atoms with Crippen LogP contribution in [0.2, 0.25) is 0 Å². The number of aliphatic carboxylic acids is 1. The third kappa shape index (κ3) is 29.0. The van der Waals surface area contributed by atoms with E-state index in [0.29, 0.717) is 49.2 Å². The van der Waals surface area contributed by atoms with Gasteiger partial charge in [-0.05, 0) is 51.4 Å². The van der Waals surface area contributed by atoms with Crippen molar-refractivity contribution in [2.24, 2.45) is 0 Å². The molecule has 0 fully saturated rings. The van der Waals surface area contributed by atoms with Crippen LogP contribution in [0.5, 0.6) is 0 Å². The lowest BCUT2D eigenvalue weighted by Gasteiger charge is -2.30. The zero-order chi connectivity index (χ0) is 29.4. The fourth-order valence-electron chi connectivity index (χ4n) is 4.63. The number of allylic oxidation sites excluding steroid dienone is 2. The number of likely N-dealkylation sites (N-methyl/N-ethyl adjacent to an activating group) is 1. The molecule has 0 aromatic heterocycles. The maximum Gasteiger partial charge on any atom is 0.219 e. The van der Waals surface area contributed by atoms with E-state index < -0.39 is 5.97 Å². The summed E-state index contributed by atoms with van der Waals surface area (Å²) >= 11 is 0. The van der Waals surface area contributed by atoms with E-state index in [2.05, 4.69) is 17.5 Å². The van der Waals surface area contributed by atoms with Gasteiger partial charge < -0.3 is 19.7 Å². The first kappa shape index (κ1) is 37.2. The average Bonchev–Trinajstić information content (AvgIpc) is 2.83. The van der Waals surface area contributed by atoms with Gasteiger partial charge in [0.1, 0.15) is 18.9 Å². The molecule has 0 radical (unpaired) electrons. The zero-order valence-corrected chi connectivity index (χ0v) is 25.7. The molecule has 0 bridgehead atoms. The Labute approximate surface area is 239 Å². The van der Waals surface area contributed by atoms with E-state index in [1.165, 1.54) is 38.5 Å². The number of ketones is 1. The molecule has 8 nitrogen and oxygen atoms in total.